The largest absolute Gasteiger partial charge is 0.872 e. The lowest BCUT2D eigenvalue weighted by Crippen LogP contribution is -2.04. The molecule has 0 unspecified atom stereocenters. The number of benzene rings is 1. The van der Waals surface area contributed by atoms with Crippen LogP contribution in [0.3, 0.4) is 0 Å². The van der Waals surface area contributed by atoms with Gasteiger partial charge < -0.3 is 9.84 Å². The van der Waals surface area contributed by atoms with Gasteiger partial charge in [-0.25, -0.2) is 4.85 Å². The molecule has 1 aromatic rings. The van der Waals surface area contributed by atoms with Gasteiger partial charge in [0.05, 0.1) is 13.2 Å². The summed E-state index contributed by atoms with van der Waals surface area (Å²) in [7, 11) is 0. The highest BCUT2D eigenvalue weighted by molar-refractivity contribution is 5.95. The fraction of sp³-hybridized carbons (Fsp3) is 0.167. The smallest absolute Gasteiger partial charge is 0.336 e. The fourth-order valence-electron chi connectivity index (χ4n) is 1.06. The molecule has 0 radical (unpaired) electrons. The Balaban J connectivity index is 2.92. The third-order valence-electron chi connectivity index (χ3n) is 1.79. The first-order valence-electron chi connectivity index (χ1n) is 4.70. The first kappa shape index (κ1) is 11.8. The number of carbonyl (C=O) groups is 1. The molecule has 0 saturated heterocycles. The zero-order valence-corrected chi connectivity index (χ0v) is 8.77. The van der Waals surface area contributed by atoms with E-state index < -0.39 is 5.97 Å². The van der Waals surface area contributed by atoms with E-state index in [4.69, 9.17) is 11.3 Å². The Kier molecular flexibility index (Phi) is 4.10. The number of rotatable bonds is 3. The first-order valence-corrected chi connectivity index (χ1v) is 4.70. The molecule has 0 aromatic heterocycles. The molecule has 1 rings (SSSR count). The van der Waals surface area contributed by atoms with Gasteiger partial charge in [0.2, 0.25) is 0 Å². The number of hydrogen-bond donors (Lipinski definition) is 0. The first-order chi connectivity index (χ1) is 7.67. The topological polar surface area (TPSA) is 53.7 Å². The second-order valence-electron chi connectivity index (χ2n) is 2.93. The Bertz CT molecular complexity index is 440. The highest BCUT2D eigenvalue weighted by atomic mass is 16.5. The van der Waals surface area contributed by atoms with E-state index in [0.717, 1.165) is 0 Å². The summed E-state index contributed by atoms with van der Waals surface area (Å²) in [5, 5.41) is 10.8. The maximum absolute atomic E-state index is 11.3. The van der Waals surface area contributed by atoms with Gasteiger partial charge in [0.25, 0.3) is 5.70 Å². The molecule has 0 bridgehead atoms. The number of carbonyl (C=O) groups excluding carboxylic acids is 1. The van der Waals surface area contributed by atoms with Gasteiger partial charge in [0, 0.05) is 0 Å². The molecule has 0 aliphatic heterocycles. The van der Waals surface area contributed by atoms with Gasteiger partial charge in [0.15, 0.2) is 0 Å². The van der Waals surface area contributed by atoms with E-state index >= 15 is 0 Å². The van der Waals surface area contributed by atoms with Gasteiger partial charge in [-0.05, 0) is 18.6 Å². The van der Waals surface area contributed by atoms with Crippen LogP contribution in [0.15, 0.2) is 30.0 Å². The van der Waals surface area contributed by atoms with Crippen LogP contribution in [0, 0.1) is 6.57 Å². The van der Waals surface area contributed by atoms with Crippen molar-refractivity contribution in [2.24, 2.45) is 0 Å². The summed E-state index contributed by atoms with van der Waals surface area (Å²) in [6.07, 6.45) is 1.39. The van der Waals surface area contributed by atoms with Crippen LogP contribution in [-0.4, -0.2) is 12.6 Å². The molecule has 0 atom stereocenters. The lowest BCUT2D eigenvalue weighted by Gasteiger charge is -2.04. The van der Waals surface area contributed by atoms with Crippen molar-refractivity contribution >= 4 is 12.0 Å². The van der Waals surface area contributed by atoms with Gasteiger partial charge in [-0.2, -0.15) is 0 Å². The van der Waals surface area contributed by atoms with Gasteiger partial charge in [-0.15, -0.1) is 5.75 Å². The molecule has 0 aliphatic rings. The van der Waals surface area contributed by atoms with E-state index in [1.807, 2.05) is 0 Å². The molecule has 4 nitrogen and oxygen atoms in total. The minimum atomic E-state index is -0.649. The Morgan fingerprint density at radius 2 is 2.12 bits per heavy atom. The summed E-state index contributed by atoms with van der Waals surface area (Å²) in [4.78, 5) is 14.4. The molecule has 82 valence electrons. The molecule has 0 aliphatic carbocycles. The van der Waals surface area contributed by atoms with Crippen molar-refractivity contribution in [3.05, 3.63) is 46.9 Å². The summed E-state index contributed by atoms with van der Waals surface area (Å²) < 4.78 is 4.71. The Morgan fingerprint density at radius 1 is 1.50 bits per heavy atom. The van der Waals surface area contributed by atoms with Gasteiger partial charge in [-0.3, -0.25) is 4.79 Å². The third kappa shape index (κ3) is 3.14. The molecular weight excluding hydrogens is 206 g/mol. The van der Waals surface area contributed by atoms with E-state index in [2.05, 4.69) is 4.85 Å². The summed E-state index contributed by atoms with van der Waals surface area (Å²) in [6.45, 7) is 8.75. The quantitative estimate of drug-likeness (QED) is 0.438. The highest BCUT2D eigenvalue weighted by Gasteiger charge is 2.09. The van der Waals surface area contributed by atoms with E-state index in [-0.39, 0.29) is 18.1 Å². The van der Waals surface area contributed by atoms with Crippen molar-refractivity contribution in [1.29, 1.82) is 0 Å². The van der Waals surface area contributed by atoms with Crippen molar-refractivity contribution in [3.8, 4) is 5.75 Å². The number of esters is 1. The maximum Gasteiger partial charge on any atom is 0.336 e. The van der Waals surface area contributed by atoms with E-state index in [1.54, 1.807) is 19.1 Å². The minimum Gasteiger partial charge on any atom is -0.872 e. The molecule has 0 fully saturated rings. The Morgan fingerprint density at radius 3 is 2.62 bits per heavy atom. The SMILES string of the molecule is [C-]#[N+]C(=Cc1ccc([O-])cc1)C(=O)OCC. The Labute approximate surface area is 93.6 Å². The summed E-state index contributed by atoms with van der Waals surface area (Å²) in [5.74, 6) is -0.763. The number of nitrogens with zero attached hydrogens (tertiary/aromatic N) is 1. The second kappa shape index (κ2) is 5.56. The van der Waals surface area contributed by atoms with Crippen LogP contribution in [0.4, 0.5) is 0 Å². The maximum atomic E-state index is 11.3. The molecule has 16 heavy (non-hydrogen) atoms. The molecule has 1 aromatic carbocycles. The zero-order chi connectivity index (χ0) is 12.0. The van der Waals surface area contributed by atoms with Gasteiger partial charge in [-0.1, -0.05) is 24.3 Å². The van der Waals surface area contributed by atoms with Crippen molar-refractivity contribution in [1.82, 2.24) is 0 Å². The normalized spacial score (nSPS) is 10.6. The number of hydrogen-bond acceptors (Lipinski definition) is 3. The highest BCUT2D eigenvalue weighted by Crippen LogP contribution is 2.12. The van der Waals surface area contributed by atoms with Crippen LogP contribution in [0.5, 0.6) is 5.75 Å². The average molecular weight is 216 g/mol. The van der Waals surface area contributed by atoms with Crippen molar-refractivity contribution in [2.75, 3.05) is 6.61 Å². The van der Waals surface area contributed by atoms with Crippen LogP contribution in [0.1, 0.15) is 12.5 Å². The molecule has 0 heterocycles. The fourth-order valence-corrected chi connectivity index (χ4v) is 1.06. The lowest BCUT2D eigenvalue weighted by atomic mass is 10.2. The zero-order valence-electron chi connectivity index (χ0n) is 8.77. The van der Waals surface area contributed by atoms with E-state index in [1.165, 1.54) is 18.2 Å². The van der Waals surface area contributed by atoms with Crippen LogP contribution >= 0.6 is 0 Å². The Hall–Kier alpha value is -2.28. The summed E-state index contributed by atoms with van der Waals surface area (Å²) in [5.41, 5.74) is 0.527. The molecule has 4 heteroatoms. The monoisotopic (exact) mass is 216 g/mol. The van der Waals surface area contributed by atoms with Crippen LogP contribution in [0.25, 0.3) is 10.9 Å². The van der Waals surface area contributed by atoms with Crippen LogP contribution in [0.2, 0.25) is 0 Å². The van der Waals surface area contributed by atoms with Crippen LogP contribution < -0.4 is 5.11 Å². The van der Waals surface area contributed by atoms with E-state index in [9.17, 15) is 9.90 Å². The van der Waals surface area contributed by atoms with Crippen molar-refractivity contribution < 1.29 is 14.6 Å². The second-order valence-corrected chi connectivity index (χ2v) is 2.93. The lowest BCUT2D eigenvalue weighted by molar-refractivity contribution is -0.268. The predicted molar refractivity (Wildman–Crippen MR) is 57.1 cm³/mol. The summed E-state index contributed by atoms with van der Waals surface area (Å²) >= 11 is 0. The van der Waals surface area contributed by atoms with Gasteiger partial charge >= 0.3 is 5.97 Å². The molecular formula is C12H10NO3-. The molecule has 0 N–H and O–H groups in total. The predicted octanol–water partition coefficient (Wildman–Crippen LogP) is 1.58. The van der Waals surface area contributed by atoms with Gasteiger partial charge in [0.1, 0.15) is 0 Å². The summed E-state index contributed by atoms with van der Waals surface area (Å²) in [6, 6.07) is 5.84. The molecule has 0 amide bonds. The number of ether oxygens (including phenoxy) is 1. The third-order valence-corrected chi connectivity index (χ3v) is 1.79. The molecule has 0 saturated carbocycles. The van der Waals surface area contributed by atoms with Crippen molar-refractivity contribution in [3.63, 3.8) is 0 Å². The van der Waals surface area contributed by atoms with E-state index in [0.29, 0.717) is 5.56 Å². The van der Waals surface area contributed by atoms with Crippen molar-refractivity contribution in [2.45, 2.75) is 6.92 Å². The average Bonchev–Trinajstić information content (AvgIpc) is 2.28. The molecule has 0 spiro atoms. The standard InChI is InChI=1S/C12H11NO3/c1-3-16-12(15)11(13-2)8-9-4-6-10(14)7-5-9/h4-8,14H,3H2,1H3/p-1. The van der Waals surface area contributed by atoms with Crippen LogP contribution in [-0.2, 0) is 9.53 Å². The minimum absolute atomic E-state index is 0.0968.